The molecule has 2 aromatic rings. The Hall–Kier alpha value is -3.38. The zero-order chi connectivity index (χ0) is 20.9. The fourth-order valence-electron chi connectivity index (χ4n) is 2.58. The van der Waals surface area contributed by atoms with Crippen molar-refractivity contribution in [3.63, 3.8) is 0 Å². The molecule has 0 aromatic heterocycles. The van der Waals surface area contributed by atoms with E-state index in [9.17, 15) is 18.0 Å². The molecule has 0 aliphatic carbocycles. The van der Waals surface area contributed by atoms with Crippen molar-refractivity contribution in [1.82, 2.24) is 4.90 Å². The molecule has 0 aliphatic heterocycles. The van der Waals surface area contributed by atoms with E-state index in [0.29, 0.717) is 11.3 Å². The maximum Gasteiger partial charge on any atom is 0.256 e. The van der Waals surface area contributed by atoms with E-state index in [-0.39, 0.29) is 23.7 Å². The average Bonchev–Trinajstić information content (AvgIpc) is 2.61. The highest BCUT2D eigenvalue weighted by Gasteiger charge is 2.19. The lowest BCUT2D eigenvalue weighted by Gasteiger charge is -2.20. The molecule has 28 heavy (non-hydrogen) atoms. The quantitative estimate of drug-likeness (QED) is 0.770. The first-order chi connectivity index (χ1) is 13.1. The van der Waals surface area contributed by atoms with Crippen molar-refractivity contribution >= 4 is 33.2 Å². The van der Waals surface area contributed by atoms with Crippen LogP contribution >= 0.6 is 0 Å². The molecule has 0 saturated heterocycles. The van der Waals surface area contributed by atoms with Crippen molar-refractivity contribution in [3.8, 4) is 6.07 Å². The monoisotopic (exact) mass is 400 g/mol. The fraction of sp³-hybridized carbons (Fsp3) is 0.211. The van der Waals surface area contributed by atoms with Crippen molar-refractivity contribution in [2.45, 2.75) is 13.5 Å². The molecule has 0 bridgehead atoms. The van der Waals surface area contributed by atoms with Gasteiger partial charge in [-0.2, -0.15) is 5.26 Å². The molecule has 2 rings (SSSR count). The third-order valence-electron chi connectivity index (χ3n) is 3.69. The van der Waals surface area contributed by atoms with Gasteiger partial charge in [-0.25, -0.2) is 8.42 Å². The van der Waals surface area contributed by atoms with Gasteiger partial charge in [-0.1, -0.05) is 12.1 Å². The van der Waals surface area contributed by atoms with Gasteiger partial charge in [0.2, 0.25) is 15.9 Å². The summed E-state index contributed by atoms with van der Waals surface area (Å²) < 4.78 is 25.6. The third kappa shape index (κ3) is 5.82. The molecule has 0 heterocycles. The minimum atomic E-state index is -3.61. The number of nitrogens with zero attached hydrogens (tertiary/aromatic N) is 2. The van der Waals surface area contributed by atoms with Crippen LogP contribution in [0.25, 0.3) is 0 Å². The lowest BCUT2D eigenvalue weighted by molar-refractivity contribution is -0.114. The van der Waals surface area contributed by atoms with Gasteiger partial charge < -0.3 is 10.2 Å². The van der Waals surface area contributed by atoms with Crippen LogP contribution in [0, 0.1) is 11.3 Å². The van der Waals surface area contributed by atoms with Crippen LogP contribution in [0.2, 0.25) is 0 Å². The molecule has 0 unspecified atom stereocenters. The van der Waals surface area contributed by atoms with Crippen molar-refractivity contribution in [3.05, 3.63) is 59.2 Å². The molecular weight excluding hydrogens is 380 g/mol. The molecule has 8 nitrogen and oxygen atoms in total. The Kier molecular flexibility index (Phi) is 6.38. The van der Waals surface area contributed by atoms with E-state index in [4.69, 9.17) is 5.26 Å². The van der Waals surface area contributed by atoms with Gasteiger partial charge in [-0.15, -0.1) is 0 Å². The highest BCUT2D eigenvalue weighted by Crippen LogP contribution is 2.24. The standard InChI is InChI=1S/C19H20N4O4S/c1-13(24)21-16-7-8-18(22-28(3,26)27)17(10-16)19(25)23(2)12-15-6-4-5-14(9-15)11-20/h4-10,22H,12H2,1-3H3,(H,21,24). The molecule has 0 fully saturated rings. The van der Waals surface area contributed by atoms with Crippen LogP contribution in [0.3, 0.4) is 0 Å². The van der Waals surface area contributed by atoms with Gasteiger partial charge in [0.15, 0.2) is 0 Å². The molecule has 0 aliphatic rings. The number of carbonyl (C=O) groups excluding carboxylic acids is 2. The first kappa shape index (κ1) is 20.9. The molecule has 0 radical (unpaired) electrons. The Morgan fingerprint density at radius 1 is 1.18 bits per heavy atom. The topological polar surface area (TPSA) is 119 Å². The van der Waals surface area contributed by atoms with Crippen LogP contribution in [0.4, 0.5) is 11.4 Å². The summed E-state index contributed by atoms with van der Waals surface area (Å²) in [5, 5.41) is 11.6. The van der Waals surface area contributed by atoms with E-state index in [1.807, 2.05) is 6.07 Å². The molecule has 9 heteroatoms. The van der Waals surface area contributed by atoms with Crippen molar-refractivity contribution in [2.75, 3.05) is 23.3 Å². The molecular formula is C19H20N4O4S. The molecule has 0 spiro atoms. The van der Waals surface area contributed by atoms with Crippen LogP contribution < -0.4 is 10.0 Å². The molecule has 146 valence electrons. The molecule has 2 amide bonds. The summed E-state index contributed by atoms with van der Waals surface area (Å²) in [4.78, 5) is 25.7. The number of anilines is 2. The maximum absolute atomic E-state index is 13.0. The number of hydrogen-bond donors (Lipinski definition) is 2. The Bertz CT molecular complexity index is 1060. The first-order valence-corrected chi connectivity index (χ1v) is 10.1. The summed E-state index contributed by atoms with van der Waals surface area (Å²) in [7, 11) is -2.04. The largest absolute Gasteiger partial charge is 0.337 e. The van der Waals surface area contributed by atoms with Crippen LogP contribution in [0.5, 0.6) is 0 Å². The van der Waals surface area contributed by atoms with Gasteiger partial charge in [-0.05, 0) is 35.9 Å². The van der Waals surface area contributed by atoms with Gasteiger partial charge in [0, 0.05) is 26.2 Å². The minimum Gasteiger partial charge on any atom is -0.337 e. The Morgan fingerprint density at radius 3 is 2.50 bits per heavy atom. The SMILES string of the molecule is CC(=O)Nc1ccc(NS(C)(=O)=O)c(C(=O)N(C)Cc2cccc(C#N)c2)c1. The summed E-state index contributed by atoms with van der Waals surface area (Å²) >= 11 is 0. The van der Waals surface area contributed by atoms with E-state index in [1.54, 1.807) is 31.3 Å². The van der Waals surface area contributed by atoms with Crippen LogP contribution in [0.1, 0.15) is 28.4 Å². The summed E-state index contributed by atoms with van der Waals surface area (Å²) in [5.41, 5.74) is 1.81. The third-order valence-corrected chi connectivity index (χ3v) is 4.28. The number of amides is 2. The normalized spacial score (nSPS) is 10.6. The van der Waals surface area contributed by atoms with Gasteiger partial charge in [0.05, 0.1) is 29.1 Å². The second-order valence-electron chi connectivity index (χ2n) is 6.29. The summed E-state index contributed by atoms with van der Waals surface area (Å²) in [6.45, 7) is 1.55. The number of nitriles is 1. The van der Waals surface area contributed by atoms with Gasteiger partial charge >= 0.3 is 0 Å². The van der Waals surface area contributed by atoms with Crippen molar-refractivity contribution < 1.29 is 18.0 Å². The fourth-order valence-corrected chi connectivity index (χ4v) is 3.16. The second kappa shape index (κ2) is 8.54. The van der Waals surface area contributed by atoms with Crippen LogP contribution in [-0.4, -0.2) is 38.4 Å². The minimum absolute atomic E-state index is 0.0932. The predicted molar refractivity (Wildman–Crippen MR) is 106 cm³/mol. The number of nitrogens with one attached hydrogen (secondary N) is 2. The Morgan fingerprint density at radius 2 is 1.89 bits per heavy atom. The van der Waals surface area contributed by atoms with E-state index >= 15 is 0 Å². The smallest absolute Gasteiger partial charge is 0.256 e. The molecule has 0 saturated carbocycles. The number of carbonyl (C=O) groups is 2. The molecule has 2 aromatic carbocycles. The Balaban J connectivity index is 2.36. The van der Waals surface area contributed by atoms with E-state index in [0.717, 1.165) is 11.8 Å². The number of sulfonamides is 1. The lowest BCUT2D eigenvalue weighted by atomic mass is 10.1. The van der Waals surface area contributed by atoms with E-state index in [1.165, 1.54) is 30.0 Å². The van der Waals surface area contributed by atoms with E-state index < -0.39 is 15.9 Å². The van der Waals surface area contributed by atoms with Crippen LogP contribution in [0.15, 0.2) is 42.5 Å². The van der Waals surface area contributed by atoms with Crippen molar-refractivity contribution in [1.29, 1.82) is 5.26 Å². The summed E-state index contributed by atoms with van der Waals surface area (Å²) in [6, 6.07) is 13.2. The summed E-state index contributed by atoms with van der Waals surface area (Å²) in [6.07, 6.45) is 0.986. The van der Waals surface area contributed by atoms with Crippen LogP contribution in [-0.2, 0) is 21.4 Å². The Labute approximate surface area is 163 Å². The first-order valence-electron chi connectivity index (χ1n) is 8.23. The second-order valence-corrected chi connectivity index (χ2v) is 8.04. The molecule has 0 atom stereocenters. The van der Waals surface area contributed by atoms with Gasteiger partial charge in [-0.3, -0.25) is 14.3 Å². The lowest BCUT2D eigenvalue weighted by Crippen LogP contribution is -2.27. The highest BCUT2D eigenvalue weighted by atomic mass is 32.2. The van der Waals surface area contributed by atoms with Gasteiger partial charge in [0.25, 0.3) is 5.91 Å². The maximum atomic E-state index is 13.0. The number of rotatable bonds is 6. The zero-order valence-corrected chi connectivity index (χ0v) is 16.5. The van der Waals surface area contributed by atoms with Crippen molar-refractivity contribution in [2.24, 2.45) is 0 Å². The predicted octanol–water partition coefficient (Wildman–Crippen LogP) is 2.16. The summed E-state index contributed by atoms with van der Waals surface area (Å²) in [5.74, 6) is -0.760. The molecule has 2 N–H and O–H groups in total. The van der Waals surface area contributed by atoms with Gasteiger partial charge in [0.1, 0.15) is 0 Å². The average molecular weight is 400 g/mol. The highest BCUT2D eigenvalue weighted by molar-refractivity contribution is 7.92. The number of benzene rings is 2. The zero-order valence-electron chi connectivity index (χ0n) is 15.7. The number of hydrogen-bond acceptors (Lipinski definition) is 5. The van der Waals surface area contributed by atoms with E-state index in [2.05, 4.69) is 10.0 Å².